The topological polar surface area (TPSA) is 96.7 Å². The SMILES string of the molecule is COC(=O)c1cc(OC2=Nc3nc(-c4ccc(-c5ccc(CN6CCN(CCOCCO)CC6)cc5)cc4)c(Cl)cc3C(C)[C@@H]2C)ccc1C. The van der Waals surface area contributed by atoms with E-state index in [1.807, 2.05) is 25.1 Å². The Morgan fingerprint density at radius 2 is 1.54 bits per heavy atom. The van der Waals surface area contributed by atoms with Gasteiger partial charge in [0.1, 0.15) is 5.75 Å². The Hall–Kier alpha value is -4.12. The number of esters is 1. The maximum atomic E-state index is 12.2. The summed E-state index contributed by atoms with van der Waals surface area (Å²) in [6.07, 6.45) is 0. The molecule has 0 bridgehead atoms. The minimum absolute atomic E-state index is 0.0290. The molecule has 0 amide bonds. The van der Waals surface area contributed by atoms with Crippen molar-refractivity contribution in [3.8, 4) is 28.1 Å². The number of ether oxygens (including phenoxy) is 3. The van der Waals surface area contributed by atoms with Crippen molar-refractivity contribution in [3.63, 3.8) is 0 Å². The fraction of sp³-hybridized carbons (Fsp3) is 0.375. The first-order valence-electron chi connectivity index (χ1n) is 17.2. The summed E-state index contributed by atoms with van der Waals surface area (Å²) in [6.45, 7) is 13.2. The van der Waals surface area contributed by atoms with Gasteiger partial charge in [-0.15, -0.1) is 0 Å². The summed E-state index contributed by atoms with van der Waals surface area (Å²) in [5.41, 5.74) is 7.38. The number of aryl methyl sites for hydroxylation is 1. The van der Waals surface area contributed by atoms with Crippen molar-refractivity contribution in [1.29, 1.82) is 0 Å². The molecule has 1 N–H and O–H groups in total. The molecular formula is C40H45ClN4O5. The number of aliphatic hydroxyl groups excluding tert-OH is 1. The van der Waals surface area contributed by atoms with Crippen LogP contribution in [0.3, 0.4) is 0 Å². The first-order valence-corrected chi connectivity index (χ1v) is 17.6. The molecule has 4 aromatic rings. The average Bonchev–Trinajstić information content (AvgIpc) is 3.14. The molecule has 3 heterocycles. The van der Waals surface area contributed by atoms with Crippen molar-refractivity contribution in [2.45, 2.75) is 33.2 Å². The Balaban J connectivity index is 1.12. The molecule has 2 atom stereocenters. The summed E-state index contributed by atoms with van der Waals surface area (Å²) < 4.78 is 16.6. The van der Waals surface area contributed by atoms with Gasteiger partial charge in [-0.25, -0.2) is 9.78 Å². The second kappa shape index (κ2) is 16.3. The number of hydrogen-bond donors (Lipinski definition) is 1. The highest BCUT2D eigenvalue weighted by Gasteiger charge is 2.31. The molecule has 1 fully saturated rings. The zero-order valence-corrected chi connectivity index (χ0v) is 29.9. The van der Waals surface area contributed by atoms with Gasteiger partial charge in [-0.3, -0.25) is 9.80 Å². The fourth-order valence-corrected chi connectivity index (χ4v) is 6.72. The van der Waals surface area contributed by atoms with E-state index in [0.717, 1.165) is 67.1 Å². The van der Waals surface area contributed by atoms with Gasteiger partial charge in [-0.1, -0.05) is 80.0 Å². The number of hydrogen-bond acceptors (Lipinski definition) is 9. The zero-order valence-electron chi connectivity index (χ0n) is 29.2. The third-order valence-electron chi connectivity index (χ3n) is 9.77. The molecule has 9 nitrogen and oxygen atoms in total. The summed E-state index contributed by atoms with van der Waals surface area (Å²) in [5.74, 6) is 1.27. The fourth-order valence-electron chi connectivity index (χ4n) is 6.45. The second-order valence-electron chi connectivity index (χ2n) is 13.1. The van der Waals surface area contributed by atoms with E-state index < -0.39 is 5.97 Å². The van der Waals surface area contributed by atoms with Crippen molar-refractivity contribution in [3.05, 3.63) is 100 Å². The Morgan fingerprint density at radius 1 is 0.880 bits per heavy atom. The predicted molar refractivity (Wildman–Crippen MR) is 198 cm³/mol. The van der Waals surface area contributed by atoms with Crippen LogP contribution < -0.4 is 4.74 Å². The van der Waals surface area contributed by atoms with Crippen LogP contribution in [0, 0.1) is 12.8 Å². The highest BCUT2D eigenvalue weighted by molar-refractivity contribution is 6.33. The van der Waals surface area contributed by atoms with Crippen LogP contribution in [0.1, 0.15) is 46.8 Å². The van der Waals surface area contributed by atoms with Gasteiger partial charge in [0.25, 0.3) is 0 Å². The standard InChI is InChI=1S/C40H45ClN4O5/c1-26-5-14-33(23-34(26)40(47)48-4)50-39-28(3)27(2)35-24-36(41)37(42-38(35)43-39)32-12-10-31(11-13-32)30-8-6-29(7-9-30)25-45-17-15-44(16-18-45)19-21-49-22-20-46/h5-14,23-24,27-28,46H,15-22,25H2,1-4H3/t27?,28-/m0/s1. The monoisotopic (exact) mass is 696 g/mol. The molecule has 0 radical (unpaired) electrons. The van der Waals surface area contributed by atoms with Gasteiger partial charge in [0.05, 0.1) is 43.2 Å². The lowest BCUT2D eigenvalue weighted by Gasteiger charge is -2.34. The van der Waals surface area contributed by atoms with Crippen LogP contribution in [0.25, 0.3) is 22.4 Å². The Kier molecular flexibility index (Phi) is 11.6. The zero-order chi connectivity index (χ0) is 35.2. The lowest BCUT2D eigenvalue weighted by atomic mass is 9.86. The maximum absolute atomic E-state index is 12.2. The lowest BCUT2D eigenvalue weighted by Crippen LogP contribution is -2.46. The highest BCUT2D eigenvalue weighted by Crippen LogP contribution is 2.41. The van der Waals surface area contributed by atoms with Crippen LogP contribution in [0.2, 0.25) is 5.02 Å². The summed E-state index contributed by atoms with van der Waals surface area (Å²) in [5, 5.41) is 9.45. The van der Waals surface area contributed by atoms with Crippen LogP contribution >= 0.6 is 11.6 Å². The summed E-state index contributed by atoms with van der Waals surface area (Å²) in [4.78, 5) is 26.9. The molecule has 0 saturated carbocycles. The van der Waals surface area contributed by atoms with E-state index in [2.05, 4.69) is 72.2 Å². The molecule has 3 aromatic carbocycles. The van der Waals surface area contributed by atoms with Gasteiger partial charge >= 0.3 is 5.97 Å². The normalized spacial score (nSPS) is 18.0. The van der Waals surface area contributed by atoms with E-state index in [0.29, 0.717) is 47.0 Å². The quantitative estimate of drug-likeness (QED) is 0.131. The Morgan fingerprint density at radius 3 is 2.22 bits per heavy atom. The number of aliphatic imine (C=N–C) groups is 1. The van der Waals surface area contributed by atoms with Crippen molar-refractivity contribution in [1.82, 2.24) is 14.8 Å². The van der Waals surface area contributed by atoms with Crippen molar-refractivity contribution in [2.75, 3.05) is 59.7 Å². The average molecular weight is 697 g/mol. The van der Waals surface area contributed by atoms with Crippen LogP contribution in [-0.4, -0.2) is 91.4 Å². The number of rotatable bonds is 11. The van der Waals surface area contributed by atoms with Gasteiger partial charge in [-0.2, -0.15) is 4.99 Å². The van der Waals surface area contributed by atoms with E-state index in [1.54, 1.807) is 6.07 Å². The summed E-state index contributed by atoms with van der Waals surface area (Å²) >= 11 is 6.84. The molecule has 50 heavy (non-hydrogen) atoms. The largest absolute Gasteiger partial charge is 0.465 e. The molecule has 1 aromatic heterocycles. The van der Waals surface area contributed by atoms with Crippen molar-refractivity contribution >= 4 is 29.3 Å². The summed E-state index contributed by atoms with van der Waals surface area (Å²) in [6, 6.07) is 24.4. The molecule has 1 saturated heterocycles. The number of methoxy groups -OCH3 is 1. The first-order chi connectivity index (χ1) is 24.2. The van der Waals surface area contributed by atoms with Gasteiger partial charge in [-0.05, 0) is 53.3 Å². The number of aromatic nitrogens is 1. The third-order valence-corrected chi connectivity index (χ3v) is 10.1. The highest BCUT2D eigenvalue weighted by atomic mass is 35.5. The molecule has 262 valence electrons. The minimum atomic E-state index is -0.409. The van der Waals surface area contributed by atoms with Gasteiger partial charge in [0.15, 0.2) is 11.7 Å². The van der Waals surface area contributed by atoms with Gasteiger partial charge in [0.2, 0.25) is 0 Å². The molecule has 6 rings (SSSR count). The van der Waals surface area contributed by atoms with Crippen LogP contribution in [0.5, 0.6) is 5.75 Å². The summed E-state index contributed by atoms with van der Waals surface area (Å²) in [7, 11) is 1.37. The molecule has 0 spiro atoms. The lowest BCUT2D eigenvalue weighted by molar-refractivity contribution is 0.0564. The van der Waals surface area contributed by atoms with Gasteiger partial charge in [0, 0.05) is 56.3 Å². The third kappa shape index (κ3) is 8.25. The molecule has 2 aliphatic rings. The van der Waals surface area contributed by atoms with Crippen molar-refractivity contribution in [2.24, 2.45) is 10.9 Å². The van der Waals surface area contributed by atoms with E-state index in [1.165, 1.54) is 12.7 Å². The Bertz CT molecular complexity index is 1820. The smallest absolute Gasteiger partial charge is 0.338 e. The minimum Gasteiger partial charge on any atom is -0.465 e. The van der Waals surface area contributed by atoms with Crippen molar-refractivity contribution < 1.29 is 24.1 Å². The molecule has 10 heteroatoms. The molecule has 2 aliphatic heterocycles. The Labute approximate surface area is 299 Å². The van der Waals surface area contributed by atoms with Crippen LogP contribution in [0.4, 0.5) is 5.82 Å². The van der Waals surface area contributed by atoms with E-state index in [-0.39, 0.29) is 18.4 Å². The van der Waals surface area contributed by atoms with E-state index in [4.69, 9.17) is 40.9 Å². The number of carbonyl (C=O) groups excluding carboxylic acids is 1. The maximum Gasteiger partial charge on any atom is 0.338 e. The van der Waals surface area contributed by atoms with E-state index >= 15 is 0 Å². The predicted octanol–water partition coefficient (Wildman–Crippen LogP) is 7.15. The van der Waals surface area contributed by atoms with Crippen LogP contribution in [0.15, 0.2) is 77.8 Å². The van der Waals surface area contributed by atoms with Crippen LogP contribution in [-0.2, 0) is 16.0 Å². The van der Waals surface area contributed by atoms with Gasteiger partial charge < -0.3 is 19.3 Å². The molecule has 1 unspecified atom stereocenters. The number of halogens is 1. The second-order valence-corrected chi connectivity index (χ2v) is 13.5. The first kappa shape index (κ1) is 35.7. The number of carbonyl (C=O) groups is 1. The van der Waals surface area contributed by atoms with E-state index in [9.17, 15) is 4.79 Å². The number of fused-ring (bicyclic) bond motifs is 1. The number of nitrogens with zero attached hydrogens (tertiary/aromatic N) is 4. The molecular weight excluding hydrogens is 652 g/mol. The molecule has 0 aliphatic carbocycles. The number of piperazine rings is 1. The number of benzene rings is 3. The number of aliphatic hydroxyl groups is 1. The number of pyridine rings is 1.